The summed E-state index contributed by atoms with van der Waals surface area (Å²) in [4.78, 5) is 2.41. The Morgan fingerprint density at radius 2 is 1.94 bits per heavy atom. The van der Waals surface area contributed by atoms with E-state index in [0.29, 0.717) is 16.1 Å². The number of nitrogens with zero attached hydrogens (tertiary/aromatic N) is 1. The summed E-state index contributed by atoms with van der Waals surface area (Å²) in [5, 5.41) is 1.11. The fourth-order valence-electron chi connectivity index (χ4n) is 2.72. The van der Waals surface area contributed by atoms with Gasteiger partial charge in [-0.25, -0.2) is 0 Å². The van der Waals surface area contributed by atoms with E-state index in [-0.39, 0.29) is 0 Å². The largest absolute Gasteiger partial charge is 0.397 e. The minimum atomic E-state index is 0.529. The van der Waals surface area contributed by atoms with Crippen molar-refractivity contribution in [3.63, 3.8) is 0 Å². The van der Waals surface area contributed by atoms with E-state index >= 15 is 0 Å². The monoisotopic (exact) mass is 286 g/mol. The van der Waals surface area contributed by atoms with Gasteiger partial charge in [0.05, 0.1) is 21.4 Å². The number of hydrogen-bond donors (Lipinski definition) is 1. The minimum Gasteiger partial charge on any atom is -0.397 e. The molecule has 100 valence electrons. The van der Waals surface area contributed by atoms with E-state index in [4.69, 9.17) is 28.9 Å². The van der Waals surface area contributed by atoms with E-state index in [1.807, 2.05) is 6.07 Å². The molecule has 1 atom stereocenters. The van der Waals surface area contributed by atoms with Crippen molar-refractivity contribution >= 4 is 34.6 Å². The Morgan fingerprint density at radius 1 is 1.22 bits per heavy atom. The van der Waals surface area contributed by atoms with Gasteiger partial charge in [-0.1, -0.05) is 43.0 Å². The smallest absolute Gasteiger partial charge is 0.0618 e. The molecular weight excluding hydrogens is 267 g/mol. The maximum Gasteiger partial charge on any atom is 0.0618 e. The van der Waals surface area contributed by atoms with Gasteiger partial charge < -0.3 is 10.6 Å². The SMILES string of the molecule is CCC1CCCCCN1c1cc(Cl)c(Cl)cc1N. The van der Waals surface area contributed by atoms with Crippen LogP contribution in [0, 0.1) is 0 Å². The molecule has 0 aromatic heterocycles. The normalized spacial score (nSPS) is 20.8. The van der Waals surface area contributed by atoms with Crippen LogP contribution in [-0.4, -0.2) is 12.6 Å². The Bertz CT molecular complexity index is 421. The summed E-state index contributed by atoms with van der Waals surface area (Å²) in [6.07, 6.45) is 6.19. The van der Waals surface area contributed by atoms with Crippen molar-refractivity contribution in [1.29, 1.82) is 0 Å². The summed E-state index contributed by atoms with van der Waals surface area (Å²) in [7, 11) is 0. The fourth-order valence-corrected chi connectivity index (χ4v) is 3.05. The van der Waals surface area contributed by atoms with Crippen LogP contribution in [-0.2, 0) is 0 Å². The number of hydrogen-bond acceptors (Lipinski definition) is 2. The van der Waals surface area contributed by atoms with E-state index in [2.05, 4.69) is 11.8 Å². The van der Waals surface area contributed by atoms with E-state index in [0.717, 1.165) is 24.3 Å². The van der Waals surface area contributed by atoms with Crippen molar-refractivity contribution in [2.75, 3.05) is 17.2 Å². The molecule has 4 heteroatoms. The average Bonchev–Trinajstić information content (AvgIpc) is 2.58. The second kappa shape index (κ2) is 6.03. The molecule has 0 bridgehead atoms. The number of benzene rings is 1. The predicted octanol–water partition coefficient (Wildman–Crippen LogP) is 4.73. The molecule has 1 aromatic rings. The summed E-state index contributed by atoms with van der Waals surface area (Å²) in [5.74, 6) is 0. The maximum absolute atomic E-state index is 6.12. The van der Waals surface area contributed by atoms with Gasteiger partial charge in [0.25, 0.3) is 0 Å². The molecule has 2 N–H and O–H groups in total. The van der Waals surface area contributed by atoms with Gasteiger partial charge in [-0.2, -0.15) is 0 Å². The second-order valence-corrected chi connectivity index (χ2v) is 5.74. The molecule has 1 aromatic carbocycles. The van der Waals surface area contributed by atoms with E-state index in [1.54, 1.807) is 6.07 Å². The van der Waals surface area contributed by atoms with Gasteiger partial charge in [0.2, 0.25) is 0 Å². The van der Waals surface area contributed by atoms with Crippen LogP contribution >= 0.6 is 23.2 Å². The second-order valence-electron chi connectivity index (χ2n) is 4.93. The van der Waals surface area contributed by atoms with Crippen LogP contribution in [0.25, 0.3) is 0 Å². The van der Waals surface area contributed by atoms with Crippen molar-refractivity contribution in [3.8, 4) is 0 Å². The van der Waals surface area contributed by atoms with Crippen LogP contribution in [0.15, 0.2) is 12.1 Å². The van der Waals surface area contributed by atoms with Crippen LogP contribution in [0.1, 0.15) is 39.0 Å². The van der Waals surface area contributed by atoms with Crippen LogP contribution < -0.4 is 10.6 Å². The summed E-state index contributed by atoms with van der Waals surface area (Å²) in [6.45, 7) is 3.29. The molecule has 1 aliphatic rings. The molecule has 1 aliphatic heterocycles. The highest BCUT2D eigenvalue weighted by molar-refractivity contribution is 6.42. The Balaban J connectivity index is 2.35. The lowest BCUT2D eigenvalue weighted by molar-refractivity contribution is 0.557. The minimum absolute atomic E-state index is 0.529. The lowest BCUT2D eigenvalue weighted by atomic mass is 10.1. The topological polar surface area (TPSA) is 29.3 Å². The van der Waals surface area contributed by atoms with Gasteiger partial charge >= 0.3 is 0 Å². The van der Waals surface area contributed by atoms with Gasteiger partial charge in [0.15, 0.2) is 0 Å². The highest BCUT2D eigenvalue weighted by atomic mass is 35.5. The molecule has 0 radical (unpaired) electrons. The van der Waals surface area contributed by atoms with Crippen molar-refractivity contribution < 1.29 is 0 Å². The summed E-state index contributed by atoms with van der Waals surface area (Å²) < 4.78 is 0. The molecule has 1 saturated heterocycles. The average molecular weight is 287 g/mol. The Labute approximate surface area is 119 Å². The number of rotatable bonds is 2. The number of nitrogen functional groups attached to an aromatic ring is 1. The molecule has 18 heavy (non-hydrogen) atoms. The Morgan fingerprint density at radius 3 is 2.67 bits per heavy atom. The number of halogens is 2. The van der Waals surface area contributed by atoms with Gasteiger partial charge in [-0.05, 0) is 31.4 Å². The molecule has 0 aliphatic carbocycles. The van der Waals surface area contributed by atoms with Crippen molar-refractivity contribution in [2.45, 2.75) is 45.1 Å². The first-order chi connectivity index (χ1) is 8.63. The summed E-state index contributed by atoms with van der Waals surface area (Å²) >= 11 is 12.1. The van der Waals surface area contributed by atoms with Gasteiger partial charge in [0.1, 0.15) is 0 Å². The number of nitrogens with two attached hydrogens (primary N) is 1. The molecule has 2 nitrogen and oxygen atoms in total. The fraction of sp³-hybridized carbons (Fsp3) is 0.571. The standard InChI is InChI=1S/C14H20Cl2N2/c1-2-10-6-4-3-5-7-18(10)14-9-12(16)11(15)8-13(14)17/h8-10H,2-7,17H2,1H3. The van der Waals surface area contributed by atoms with Crippen molar-refractivity contribution in [1.82, 2.24) is 0 Å². The molecule has 1 fully saturated rings. The zero-order chi connectivity index (χ0) is 13.1. The van der Waals surface area contributed by atoms with Gasteiger partial charge in [-0.3, -0.25) is 0 Å². The summed E-state index contributed by atoms with van der Waals surface area (Å²) in [5.41, 5.74) is 7.87. The molecule has 2 rings (SSSR count). The maximum atomic E-state index is 6.12. The Hall–Kier alpha value is -0.600. The lowest BCUT2D eigenvalue weighted by Crippen LogP contribution is -2.34. The highest BCUT2D eigenvalue weighted by Gasteiger charge is 2.22. The van der Waals surface area contributed by atoms with Crippen LogP contribution in [0.4, 0.5) is 11.4 Å². The van der Waals surface area contributed by atoms with Crippen LogP contribution in [0.3, 0.4) is 0 Å². The van der Waals surface area contributed by atoms with Crippen LogP contribution in [0.2, 0.25) is 10.0 Å². The molecule has 1 unspecified atom stereocenters. The zero-order valence-corrected chi connectivity index (χ0v) is 12.3. The molecule has 0 spiro atoms. The lowest BCUT2D eigenvalue weighted by Gasteiger charge is -2.32. The van der Waals surface area contributed by atoms with Gasteiger partial charge in [-0.15, -0.1) is 0 Å². The third-order valence-electron chi connectivity index (χ3n) is 3.73. The summed E-state index contributed by atoms with van der Waals surface area (Å²) in [6, 6.07) is 4.23. The third-order valence-corrected chi connectivity index (χ3v) is 4.45. The first-order valence-corrected chi connectivity index (χ1v) is 7.40. The molecular formula is C14H20Cl2N2. The zero-order valence-electron chi connectivity index (χ0n) is 10.8. The quantitative estimate of drug-likeness (QED) is 0.796. The molecule has 1 heterocycles. The number of anilines is 2. The van der Waals surface area contributed by atoms with Crippen molar-refractivity contribution in [2.24, 2.45) is 0 Å². The van der Waals surface area contributed by atoms with E-state index in [1.165, 1.54) is 25.7 Å². The first kappa shape index (κ1) is 13.8. The third kappa shape index (κ3) is 2.86. The Kier molecular flexibility index (Phi) is 4.63. The first-order valence-electron chi connectivity index (χ1n) is 6.64. The van der Waals surface area contributed by atoms with Gasteiger partial charge in [0, 0.05) is 12.6 Å². The predicted molar refractivity (Wildman–Crippen MR) is 80.8 cm³/mol. The van der Waals surface area contributed by atoms with E-state index in [9.17, 15) is 0 Å². The highest BCUT2D eigenvalue weighted by Crippen LogP contribution is 2.36. The van der Waals surface area contributed by atoms with Crippen LogP contribution in [0.5, 0.6) is 0 Å². The van der Waals surface area contributed by atoms with Crippen molar-refractivity contribution in [3.05, 3.63) is 22.2 Å². The molecule has 0 amide bonds. The van der Waals surface area contributed by atoms with E-state index < -0.39 is 0 Å². The molecule has 0 saturated carbocycles.